The molecule has 0 aromatic carbocycles. The number of nitrogens with one attached hydrogen (secondary N) is 1. The van der Waals surface area contributed by atoms with Gasteiger partial charge < -0.3 is 5.32 Å². The van der Waals surface area contributed by atoms with Crippen LogP contribution in [0.5, 0.6) is 0 Å². The lowest BCUT2D eigenvalue weighted by Crippen LogP contribution is -2.39. The third kappa shape index (κ3) is 2.33. The maximum Gasteiger partial charge on any atom is 0.0244 e. The van der Waals surface area contributed by atoms with Crippen molar-refractivity contribution in [3.05, 3.63) is 0 Å². The maximum absolute atomic E-state index is 11.0. The monoisotopic (exact) mass is 255 g/mol. The van der Waals surface area contributed by atoms with Crippen LogP contribution in [0.25, 0.3) is 0 Å². The highest BCUT2D eigenvalue weighted by Gasteiger charge is 2.53. The molecule has 0 saturated heterocycles. The van der Waals surface area contributed by atoms with E-state index in [0.717, 1.165) is 48.4 Å². The molecule has 0 heterocycles. The summed E-state index contributed by atoms with van der Waals surface area (Å²) in [5.41, 5.74) is 0. The molecule has 17 heavy (non-hydrogen) atoms. The van der Waals surface area contributed by atoms with Crippen molar-refractivity contribution in [2.45, 2.75) is 44.6 Å². The van der Waals surface area contributed by atoms with Crippen molar-refractivity contribution in [2.75, 3.05) is 18.6 Å². The fourth-order valence-electron chi connectivity index (χ4n) is 4.87. The van der Waals surface area contributed by atoms with Crippen LogP contribution in [0.1, 0.15) is 38.5 Å². The number of rotatable bonds is 5. The summed E-state index contributed by atoms with van der Waals surface area (Å²) in [5, 5.41) is 3.75. The molecule has 3 fully saturated rings. The van der Waals surface area contributed by atoms with Gasteiger partial charge in [-0.1, -0.05) is 6.42 Å². The molecule has 2 nitrogen and oxygen atoms in total. The van der Waals surface area contributed by atoms with Gasteiger partial charge in [-0.3, -0.25) is 4.21 Å². The van der Waals surface area contributed by atoms with E-state index in [4.69, 9.17) is 0 Å². The molecule has 0 radical (unpaired) electrons. The first-order valence-corrected chi connectivity index (χ1v) is 9.02. The predicted octanol–water partition coefficient (Wildman–Crippen LogP) is 2.17. The third-order valence-electron chi connectivity index (χ3n) is 5.44. The second kappa shape index (κ2) is 5.00. The van der Waals surface area contributed by atoms with E-state index < -0.39 is 10.8 Å². The lowest BCUT2D eigenvalue weighted by Gasteiger charge is -2.32. The van der Waals surface area contributed by atoms with E-state index in [9.17, 15) is 4.21 Å². The minimum atomic E-state index is -0.615. The molecule has 2 bridgehead atoms. The molecule has 1 N–H and O–H groups in total. The molecule has 0 aromatic rings. The molecule has 6 atom stereocenters. The molecule has 3 aliphatic rings. The maximum atomic E-state index is 11.0. The van der Waals surface area contributed by atoms with Crippen molar-refractivity contribution in [2.24, 2.45) is 23.7 Å². The summed E-state index contributed by atoms with van der Waals surface area (Å²) < 4.78 is 11.0. The van der Waals surface area contributed by atoms with E-state index in [1.165, 1.54) is 32.1 Å². The zero-order valence-corrected chi connectivity index (χ0v) is 11.7. The summed E-state index contributed by atoms with van der Waals surface area (Å²) >= 11 is 0. The van der Waals surface area contributed by atoms with Crippen molar-refractivity contribution in [1.82, 2.24) is 5.32 Å². The number of hydrogen-bond acceptors (Lipinski definition) is 2. The summed E-state index contributed by atoms with van der Waals surface area (Å²) in [7, 11) is -0.615. The Labute approximate surface area is 107 Å². The first-order chi connectivity index (χ1) is 8.25. The average molecular weight is 255 g/mol. The summed E-state index contributed by atoms with van der Waals surface area (Å²) in [5.74, 6) is 5.05. The lowest BCUT2D eigenvalue weighted by molar-refractivity contribution is 0.209. The van der Waals surface area contributed by atoms with E-state index in [1.54, 1.807) is 6.26 Å². The first kappa shape index (κ1) is 12.2. The Hall–Kier alpha value is 0.110. The van der Waals surface area contributed by atoms with Crippen LogP contribution in [-0.2, 0) is 10.8 Å². The summed E-state index contributed by atoms with van der Waals surface area (Å²) in [6.45, 7) is 1.07. The van der Waals surface area contributed by atoms with Gasteiger partial charge in [-0.25, -0.2) is 0 Å². The topological polar surface area (TPSA) is 29.1 Å². The van der Waals surface area contributed by atoms with Crippen molar-refractivity contribution >= 4 is 10.8 Å². The Bertz CT molecular complexity index is 307. The predicted molar refractivity (Wildman–Crippen MR) is 72.4 cm³/mol. The second-order valence-electron chi connectivity index (χ2n) is 6.35. The van der Waals surface area contributed by atoms with Crippen LogP contribution < -0.4 is 5.32 Å². The Kier molecular flexibility index (Phi) is 3.58. The molecule has 3 rings (SSSR count). The van der Waals surface area contributed by atoms with Gasteiger partial charge in [0.2, 0.25) is 0 Å². The summed E-state index contributed by atoms with van der Waals surface area (Å²) in [6, 6.07) is 0.796. The Morgan fingerprint density at radius 3 is 2.82 bits per heavy atom. The van der Waals surface area contributed by atoms with Gasteiger partial charge in [-0.15, -0.1) is 0 Å². The molecule has 6 unspecified atom stereocenters. The van der Waals surface area contributed by atoms with Gasteiger partial charge in [0.15, 0.2) is 0 Å². The molecule has 0 aliphatic heterocycles. The Balaban J connectivity index is 1.46. The standard InChI is InChI=1S/C14H25NOS/c1-17(16)7-3-6-15-14-9-10-8-13(14)12-5-2-4-11(10)12/h10-15H,2-9H2,1H3. The average Bonchev–Trinajstić information content (AvgIpc) is 2.95. The van der Waals surface area contributed by atoms with E-state index >= 15 is 0 Å². The Morgan fingerprint density at radius 2 is 2.00 bits per heavy atom. The van der Waals surface area contributed by atoms with Crippen molar-refractivity contribution in [1.29, 1.82) is 0 Å². The molecule has 3 saturated carbocycles. The van der Waals surface area contributed by atoms with Gasteiger partial charge in [-0.2, -0.15) is 0 Å². The Morgan fingerprint density at radius 1 is 1.18 bits per heavy atom. The fraction of sp³-hybridized carbons (Fsp3) is 1.00. The molecule has 3 aliphatic carbocycles. The minimum absolute atomic E-state index is 0.615. The number of hydrogen-bond donors (Lipinski definition) is 1. The zero-order valence-electron chi connectivity index (χ0n) is 10.9. The normalized spacial score (nSPS) is 45.1. The first-order valence-electron chi connectivity index (χ1n) is 7.29. The highest BCUT2D eigenvalue weighted by Crippen LogP contribution is 2.58. The zero-order chi connectivity index (χ0) is 11.8. The molecule has 0 amide bonds. The van der Waals surface area contributed by atoms with Crippen LogP contribution in [0.4, 0.5) is 0 Å². The van der Waals surface area contributed by atoms with Gasteiger partial charge in [0.05, 0.1) is 0 Å². The second-order valence-corrected chi connectivity index (χ2v) is 7.90. The molecule has 98 valence electrons. The van der Waals surface area contributed by atoms with Gasteiger partial charge in [0, 0.05) is 28.9 Å². The quantitative estimate of drug-likeness (QED) is 0.763. The molecular formula is C14H25NOS. The van der Waals surface area contributed by atoms with Gasteiger partial charge >= 0.3 is 0 Å². The van der Waals surface area contributed by atoms with Crippen LogP contribution in [0.15, 0.2) is 0 Å². The van der Waals surface area contributed by atoms with Crippen LogP contribution >= 0.6 is 0 Å². The van der Waals surface area contributed by atoms with Crippen LogP contribution in [0.2, 0.25) is 0 Å². The van der Waals surface area contributed by atoms with Crippen molar-refractivity contribution in [3.63, 3.8) is 0 Å². The van der Waals surface area contributed by atoms with Crippen LogP contribution in [0.3, 0.4) is 0 Å². The highest BCUT2D eigenvalue weighted by atomic mass is 32.2. The van der Waals surface area contributed by atoms with Gasteiger partial charge in [0.1, 0.15) is 0 Å². The summed E-state index contributed by atoms with van der Waals surface area (Å²) in [4.78, 5) is 0. The fourth-order valence-corrected chi connectivity index (χ4v) is 5.42. The number of fused-ring (bicyclic) bond motifs is 5. The highest BCUT2D eigenvalue weighted by molar-refractivity contribution is 7.84. The summed E-state index contributed by atoms with van der Waals surface area (Å²) in [6.07, 6.45) is 10.3. The largest absolute Gasteiger partial charge is 0.314 e. The van der Waals surface area contributed by atoms with Gasteiger partial charge in [-0.05, 0) is 62.3 Å². The lowest BCUT2D eigenvalue weighted by atomic mass is 9.79. The van der Waals surface area contributed by atoms with Crippen LogP contribution in [0, 0.1) is 23.7 Å². The van der Waals surface area contributed by atoms with Gasteiger partial charge in [0.25, 0.3) is 0 Å². The smallest absolute Gasteiger partial charge is 0.0244 e. The van der Waals surface area contributed by atoms with Crippen molar-refractivity contribution in [3.8, 4) is 0 Å². The van der Waals surface area contributed by atoms with E-state index in [2.05, 4.69) is 5.32 Å². The third-order valence-corrected chi connectivity index (χ3v) is 6.31. The van der Waals surface area contributed by atoms with E-state index in [0.29, 0.717) is 0 Å². The molecular weight excluding hydrogens is 230 g/mol. The molecule has 0 spiro atoms. The molecule has 3 heteroatoms. The van der Waals surface area contributed by atoms with Crippen LogP contribution in [-0.4, -0.2) is 28.8 Å². The molecule has 0 aromatic heterocycles. The minimum Gasteiger partial charge on any atom is -0.314 e. The SMILES string of the molecule is CS(=O)CCCNC1CC2CC1C1CCCC21. The van der Waals surface area contributed by atoms with E-state index in [-0.39, 0.29) is 0 Å². The van der Waals surface area contributed by atoms with E-state index in [1.807, 2.05) is 0 Å². The van der Waals surface area contributed by atoms with Crippen molar-refractivity contribution < 1.29 is 4.21 Å².